The Hall–Kier alpha value is -3.30. The third kappa shape index (κ3) is 4.34. The Morgan fingerprint density at radius 1 is 1.18 bits per heavy atom. The van der Waals surface area contributed by atoms with Crippen molar-refractivity contribution in [2.75, 3.05) is 19.9 Å². The number of carbonyl (C=O) groups excluding carboxylic acids is 2. The van der Waals surface area contributed by atoms with E-state index in [2.05, 4.69) is 11.4 Å². The molecule has 0 aliphatic carbocycles. The quantitative estimate of drug-likeness (QED) is 0.429. The SMILES string of the molecule is Cc1cc2ccccc2n1CC(=O)NCCN1C(=O)/C(=C\c2ccc3c(c2)OCO3)SC1=S. The topological polar surface area (TPSA) is 72.8 Å². The molecular formula is C24H21N3O4S2. The number of hydrogen-bond donors (Lipinski definition) is 1. The predicted octanol–water partition coefficient (Wildman–Crippen LogP) is 3.70. The maximum atomic E-state index is 12.9. The molecule has 2 aromatic carbocycles. The molecule has 3 heterocycles. The number of nitrogens with one attached hydrogen (secondary N) is 1. The lowest BCUT2D eigenvalue weighted by atomic mass is 10.2. The molecule has 2 aliphatic rings. The Morgan fingerprint density at radius 2 is 2.00 bits per heavy atom. The van der Waals surface area contributed by atoms with E-state index < -0.39 is 0 Å². The minimum absolute atomic E-state index is 0.110. The third-order valence-electron chi connectivity index (χ3n) is 5.54. The molecule has 1 aromatic heterocycles. The molecule has 7 nitrogen and oxygen atoms in total. The number of hydrogen-bond acceptors (Lipinski definition) is 6. The number of thiocarbonyl (C=S) groups is 1. The number of ether oxygens (including phenoxy) is 2. The van der Waals surface area contributed by atoms with E-state index in [1.807, 2.05) is 54.0 Å². The molecule has 0 spiro atoms. The van der Waals surface area contributed by atoms with Crippen molar-refractivity contribution in [1.29, 1.82) is 0 Å². The smallest absolute Gasteiger partial charge is 0.266 e. The monoisotopic (exact) mass is 479 g/mol. The highest BCUT2D eigenvalue weighted by atomic mass is 32.2. The molecule has 168 valence electrons. The van der Waals surface area contributed by atoms with Crippen LogP contribution in [-0.4, -0.2) is 45.5 Å². The van der Waals surface area contributed by atoms with Crippen molar-refractivity contribution in [3.05, 3.63) is 64.7 Å². The second-order valence-electron chi connectivity index (χ2n) is 7.73. The van der Waals surface area contributed by atoms with Crippen molar-refractivity contribution < 1.29 is 19.1 Å². The van der Waals surface area contributed by atoms with Crippen LogP contribution in [0.3, 0.4) is 0 Å². The van der Waals surface area contributed by atoms with Gasteiger partial charge in [-0.3, -0.25) is 14.5 Å². The molecular weight excluding hydrogens is 458 g/mol. The number of carbonyl (C=O) groups is 2. The number of fused-ring (bicyclic) bond motifs is 2. The number of nitrogens with zero attached hydrogens (tertiary/aromatic N) is 2. The first-order valence-corrected chi connectivity index (χ1v) is 11.7. The zero-order valence-electron chi connectivity index (χ0n) is 17.9. The summed E-state index contributed by atoms with van der Waals surface area (Å²) < 4.78 is 13.2. The number of amides is 2. The molecule has 1 N–H and O–H groups in total. The summed E-state index contributed by atoms with van der Waals surface area (Å²) in [4.78, 5) is 27.5. The van der Waals surface area contributed by atoms with E-state index in [0.29, 0.717) is 33.8 Å². The second-order valence-corrected chi connectivity index (χ2v) is 9.40. The fourth-order valence-electron chi connectivity index (χ4n) is 3.91. The zero-order valence-corrected chi connectivity index (χ0v) is 19.5. The molecule has 33 heavy (non-hydrogen) atoms. The van der Waals surface area contributed by atoms with Gasteiger partial charge < -0.3 is 19.4 Å². The summed E-state index contributed by atoms with van der Waals surface area (Å²) in [6, 6.07) is 15.6. The maximum Gasteiger partial charge on any atom is 0.266 e. The Bertz CT molecular complexity index is 1310. The molecule has 0 atom stereocenters. The van der Waals surface area contributed by atoms with E-state index in [4.69, 9.17) is 21.7 Å². The van der Waals surface area contributed by atoms with Gasteiger partial charge in [-0.15, -0.1) is 0 Å². The third-order valence-corrected chi connectivity index (χ3v) is 6.92. The molecule has 1 fully saturated rings. The fourth-order valence-corrected chi connectivity index (χ4v) is 5.22. The van der Waals surface area contributed by atoms with Crippen molar-refractivity contribution >= 4 is 57.1 Å². The van der Waals surface area contributed by atoms with Gasteiger partial charge in [0.2, 0.25) is 12.7 Å². The lowest BCUT2D eigenvalue weighted by molar-refractivity contribution is -0.124. The first-order chi connectivity index (χ1) is 16.0. The molecule has 0 unspecified atom stereocenters. The molecule has 1 saturated heterocycles. The van der Waals surface area contributed by atoms with E-state index >= 15 is 0 Å². The fraction of sp³-hybridized carbons (Fsp3) is 0.208. The van der Waals surface area contributed by atoms with Crippen molar-refractivity contribution in [2.45, 2.75) is 13.5 Å². The molecule has 5 rings (SSSR count). The molecule has 0 saturated carbocycles. The predicted molar refractivity (Wildman–Crippen MR) is 132 cm³/mol. The number of aryl methyl sites for hydroxylation is 1. The van der Waals surface area contributed by atoms with Gasteiger partial charge in [0.15, 0.2) is 11.5 Å². The Morgan fingerprint density at radius 3 is 2.88 bits per heavy atom. The summed E-state index contributed by atoms with van der Waals surface area (Å²) in [7, 11) is 0. The van der Waals surface area contributed by atoms with E-state index in [9.17, 15) is 9.59 Å². The van der Waals surface area contributed by atoms with Gasteiger partial charge in [0, 0.05) is 24.3 Å². The van der Waals surface area contributed by atoms with E-state index in [-0.39, 0.29) is 25.2 Å². The summed E-state index contributed by atoms with van der Waals surface area (Å²) in [5.41, 5.74) is 2.88. The standard InChI is InChI=1S/C24H21N3O4S2/c1-15-10-17-4-2-3-5-18(17)27(15)13-22(28)25-8-9-26-23(29)21(33-24(26)32)12-16-6-7-19-20(11-16)31-14-30-19/h2-7,10-12H,8-9,13-14H2,1H3,(H,25,28)/b21-12+. The average Bonchev–Trinajstić information content (AvgIpc) is 3.46. The van der Waals surface area contributed by atoms with Gasteiger partial charge in [-0.1, -0.05) is 48.2 Å². The van der Waals surface area contributed by atoms with Gasteiger partial charge in [0.25, 0.3) is 5.91 Å². The number of thioether (sulfide) groups is 1. The maximum absolute atomic E-state index is 12.9. The van der Waals surface area contributed by atoms with Crippen molar-refractivity contribution in [3.8, 4) is 11.5 Å². The number of aromatic nitrogens is 1. The number of rotatable bonds is 6. The van der Waals surface area contributed by atoms with Gasteiger partial charge in [-0.25, -0.2) is 0 Å². The zero-order chi connectivity index (χ0) is 22.9. The Balaban J connectivity index is 1.19. The highest BCUT2D eigenvalue weighted by Crippen LogP contribution is 2.36. The molecule has 2 aliphatic heterocycles. The van der Waals surface area contributed by atoms with Gasteiger partial charge in [-0.05, 0) is 48.2 Å². The van der Waals surface area contributed by atoms with Crippen LogP contribution in [0.1, 0.15) is 11.3 Å². The molecule has 2 amide bonds. The molecule has 3 aromatic rings. The average molecular weight is 480 g/mol. The summed E-state index contributed by atoms with van der Waals surface area (Å²) in [6.45, 7) is 3.05. The van der Waals surface area contributed by atoms with Crippen LogP contribution in [0.5, 0.6) is 11.5 Å². The minimum Gasteiger partial charge on any atom is -0.454 e. The Labute approximate surface area is 200 Å². The van der Waals surface area contributed by atoms with Crippen LogP contribution in [0.4, 0.5) is 0 Å². The van der Waals surface area contributed by atoms with Gasteiger partial charge in [0.1, 0.15) is 10.9 Å². The van der Waals surface area contributed by atoms with E-state index in [1.165, 1.54) is 16.7 Å². The summed E-state index contributed by atoms with van der Waals surface area (Å²) in [5, 5.41) is 4.01. The van der Waals surface area contributed by atoms with E-state index in [1.54, 1.807) is 6.08 Å². The van der Waals surface area contributed by atoms with E-state index in [0.717, 1.165) is 22.2 Å². The van der Waals surface area contributed by atoms with Crippen molar-refractivity contribution in [3.63, 3.8) is 0 Å². The first kappa shape index (κ1) is 21.5. The Kier molecular flexibility index (Phi) is 5.82. The van der Waals surface area contributed by atoms with Crippen LogP contribution in [0.2, 0.25) is 0 Å². The van der Waals surface area contributed by atoms with Crippen molar-refractivity contribution in [1.82, 2.24) is 14.8 Å². The van der Waals surface area contributed by atoms with Crippen LogP contribution in [0, 0.1) is 6.92 Å². The van der Waals surface area contributed by atoms with Gasteiger partial charge >= 0.3 is 0 Å². The van der Waals surface area contributed by atoms with Crippen LogP contribution in [-0.2, 0) is 16.1 Å². The summed E-state index contributed by atoms with van der Waals surface area (Å²) in [6.07, 6.45) is 1.79. The summed E-state index contributed by atoms with van der Waals surface area (Å²) >= 11 is 6.65. The van der Waals surface area contributed by atoms with Crippen LogP contribution < -0.4 is 14.8 Å². The molecule has 9 heteroatoms. The highest BCUT2D eigenvalue weighted by molar-refractivity contribution is 8.26. The number of para-hydroxylation sites is 1. The number of benzene rings is 2. The normalized spacial score (nSPS) is 16.3. The van der Waals surface area contributed by atoms with Gasteiger partial charge in [-0.2, -0.15) is 0 Å². The van der Waals surface area contributed by atoms with Crippen LogP contribution in [0.25, 0.3) is 17.0 Å². The first-order valence-electron chi connectivity index (χ1n) is 10.5. The lowest BCUT2D eigenvalue weighted by Crippen LogP contribution is -2.38. The molecule has 0 bridgehead atoms. The lowest BCUT2D eigenvalue weighted by Gasteiger charge is -2.15. The largest absolute Gasteiger partial charge is 0.454 e. The minimum atomic E-state index is -0.163. The van der Waals surface area contributed by atoms with Crippen molar-refractivity contribution in [2.24, 2.45) is 0 Å². The molecule has 0 radical (unpaired) electrons. The van der Waals surface area contributed by atoms with Crippen LogP contribution in [0.15, 0.2) is 53.4 Å². The highest BCUT2D eigenvalue weighted by Gasteiger charge is 2.31. The summed E-state index contributed by atoms with van der Waals surface area (Å²) in [5.74, 6) is 1.08. The van der Waals surface area contributed by atoms with Crippen LogP contribution >= 0.6 is 24.0 Å². The van der Waals surface area contributed by atoms with Gasteiger partial charge in [0.05, 0.1) is 4.91 Å². The second kappa shape index (κ2) is 8.92.